The molecule has 1 aliphatic rings. The molecule has 1 saturated heterocycles. The molecule has 1 aliphatic heterocycles. The lowest BCUT2D eigenvalue weighted by molar-refractivity contribution is -0.131. The molecule has 1 N–H and O–H groups in total. The maximum Gasteiger partial charge on any atom is 0.238 e. The van der Waals surface area contributed by atoms with Crippen LogP contribution in [0.4, 0.5) is 0 Å². The predicted molar refractivity (Wildman–Crippen MR) is 57.8 cm³/mol. The van der Waals surface area contributed by atoms with Crippen molar-refractivity contribution in [1.29, 1.82) is 0 Å². The first-order valence-electron chi connectivity index (χ1n) is 5.66. The van der Waals surface area contributed by atoms with Crippen molar-refractivity contribution in [3.8, 4) is 0 Å². The Morgan fingerprint density at radius 1 is 1.50 bits per heavy atom. The van der Waals surface area contributed by atoms with Crippen LogP contribution in [0.5, 0.6) is 0 Å². The number of hydrogen-bond acceptors (Lipinski definition) is 2. The van der Waals surface area contributed by atoms with Gasteiger partial charge in [-0.15, -0.1) is 0 Å². The van der Waals surface area contributed by atoms with Crippen LogP contribution < -0.4 is 5.32 Å². The average molecular weight is 198 g/mol. The van der Waals surface area contributed by atoms with Gasteiger partial charge in [0.15, 0.2) is 0 Å². The van der Waals surface area contributed by atoms with Gasteiger partial charge in [-0.1, -0.05) is 27.7 Å². The quantitative estimate of drug-likeness (QED) is 0.744. The maximum absolute atomic E-state index is 11.7. The van der Waals surface area contributed by atoms with Crippen molar-refractivity contribution in [1.82, 2.24) is 10.2 Å². The van der Waals surface area contributed by atoms with Crippen LogP contribution in [0.2, 0.25) is 0 Å². The van der Waals surface area contributed by atoms with Gasteiger partial charge in [0.05, 0.1) is 12.7 Å². The Morgan fingerprint density at radius 3 is 2.57 bits per heavy atom. The molecule has 3 nitrogen and oxygen atoms in total. The van der Waals surface area contributed by atoms with Crippen LogP contribution in [-0.2, 0) is 4.79 Å². The van der Waals surface area contributed by atoms with Crippen LogP contribution in [0.15, 0.2) is 0 Å². The van der Waals surface area contributed by atoms with E-state index in [9.17, 15) is 4.79 Å². The lowest BCUT2D eigenvalue weighted by atomic mass is 9.99. The van der Waals surface area contributed by atoms with E-state index >= 15 is 0 Å². The van der Waals surface area contributed by atoms with Gasteiger partial charge in [0.25, 0.3) is 0 Å². The fourth-order valence-corrected chi connectivity index (χ4v) is 2.31. The molecule has 0 aromatic rings. The van der Waals surface area contributed by atoms with E-state index in [0.717, 1.165) is 12.8 Å². The third-order valence-corrected chi connectivity index (χ3v) is 3.04. The second-order valence-corrected chi connectivity index (χ2v) is 4.33. The number of nitrogens with zero attached hydrogens (tertiary/aromatic N) is 1. The molecule has 0 bridgehead atoms. The van der Waals surface area contributed by atoms with Gasteiger partial charge >= 0.3 is 0 Å². The molecule has 1 rings (SSSR count). The van der Waals surface area contributed by atoms with Crippen LogP contribution in [0, 0.1) is 5.92 Å². The van der Waals surface area contributed by atoms with Gasteiger partial charge < -0.3 is 4.90 Å². The molecule has 0 aromatic heterocycles. The molecule has 3 heteroatoms. The molecule has 1 fully saturated rings. The van der Waals surface area contributed by atoms with Gasteiger partial charge in [0.1, 0.15) is 0 Å². The number of carbonyl (C=O) groups is 1. The van der Waals surface area contributed by atoms with E-state index in [2.05, 4.69) is 33.0 Å². The van der Waals surface area contributed by atoms with Gasteiger partial charge in [-0.05, 0) is 18.8 Å². The molecule has 0 aliphatic carbocycles. The molecule has 0 radical (unpaired) electrons. The second kappa shape index (κ2) is 4.78. The lowest BCUT2D eigenvalue weighted by Gasteiger charge is -2.34. The summed E-state index contributed by atoms with van der Waals surface area (Å²) in [6, 6.07) is 0.391. The first-order chi connectivity index (χ1) is 6.61. The molecule has 0 aromatic carbocycles. The molecular weight excluding hydrogens is 176 g/mol. The fraction of sp³-hybridized carbons (Fsp3) is 0.909. The smallest absolute Gasteiger partial charge is 0.238 e. The summed E-state index contributed by atoms with van der Waals surface area (Å²) in [6.45, 7) is 9.17. The summed E-state index contributed by atoms with van der Waals surface area (Å²) in [5.74, 6) is 0.801. The lowest BCUT2D eigenvalue weighted by Crippen LogP contribution is -2.46. The number of rotatable bonds is 4. The van der Waals surface area contributed by atoms with E-state index in [0.29, 0.717) is 18.5 Å². The zero-order valence-corrected chi connectivity index (χ0v) is 9.71. The Hall–Kier alpha value is -0.570. The van der Waals surface area contributed by atoms with Crippen LogP contribution in [0.25, 0.3) is 0 Å². The normalized spacial score (nSPS) is 24.8. The maximum atomic E-state index is 11.7. The standard InChI is InChI=1S/C11H22N2O/c1-5-9(8(3)4)13-10(6-2)12-7-11(13)14/h8-10,12H,5-7H2,1-4H3. The minimum atomic E-state index is 0.259. The third-order valence-electron chi connectivity index (χ3n) is 3.04. The molecule has 1 heterocycles. The number of amides is 1. The topological polar surface area (TPSA) is 32.3 Å². The number of carbonyl (C=O) groups excluding carboxylic acids is 1. The van der Waals surface area contributed by atoms with Crippen LogP contribution in [0.1, 0.15) is 40.5 Å². The van der Waals surface area contributed by atoms with E-state index < -0.39 is 0 Å². The number of hydrogen-bond donors (Lipinski definition) is 1. The zero-order valence-electron chi connectivity index (χ0n) is 9.71. The van der Waals surface area contributed by atoms with E-state index in [4.69, 9.17) is 0 Å². The molecule has 82 valence electrons. The Kier molecular flexibility index (Phi) is 3.93. The van der Waals surface area contributed by atoms with Gasteiger partial charge in [-0.3, -0.25) is 10.1 Å². The monoisotopic (exact) mass is 198 g/mol. The van der Waals surface area contributed by atoms with Gasteiger partial charge in [-0.25, -0.2) is 0 Å². The van der Waals surface area contributed by atoms with Gasteiger partial charge in [-0.2, -0.15) is 0 Å². The summed E-state index contributed by atoms with van der Waals surface area (Å²) < 4.78 is 0. The predicted octanol–water partition coefficient (Wildman–Crippen LogP) is 1.59. The van der Waals surface area contributed by atoms with E-state index in [1.165, 1.54) is 0 Å². The molecule has 1 amide bonds. The van der Waals surface area contributed by atoms with Gasteiger partial charge in [0, 0.05) is 6.04 Å². The fourth-order valence-electron chi connectivity index (χ4n) is 2.31. The Balaban J connectivity index is 2.75. The van der Waals surface area contributed by atoms with Crippen LogP contribution in [-0.4, -0.2) is 29.6 Å². The number of nitrogens with one attached hydrogen (secondary N) is 1. The Morgan fingerprint density at radius 2 is 2.14 bits per heavy atom. The van der Waals surface area contributed by atoms with E-state index in [1.54, 1.807) is 0 Å². The molecule has 14 heavy (non-hydrogen) atoms. The second-order valence-electron chi connectivity index (χ2n) is 4.33. The highest BCUT2D eigenvalue weighted by Gasteiger charge is 2.34. The molecule has 2 atom stereocenters. The van der Waals surface area contributed by atoms with Crippen molar-refractivity contribution in [3.63, 3.8) is 0 Å². The minimum Gasteiger partial charge on any atom is -0.323 e. The van der Waals surface area contributed by atoms with Crippen molar-refractivity contribution >= 4 is 5.91 Å². The van der Waals surface area contributed by atoms with E-state index in [-0.39, 0.29) is 12.1 Å². The molecular formula is C11H22N2O. The van der Waals surface area contributed by atoms with Crippen molar-refractivity contribution in [3.05, 3.63) is 0 Å². The first-order valence-corrected chi connectivity index (χ1v) is 5.66. The summed E-state index contributed by atoms with van der Waals surface area (Å²) in [5.41, 5.74) is 0. The van der Waals surface area contributed by atoms with Crippen molar-refractivity contribution < 1.29 is 4.79 Å². The summed E-state index contributed by atoms with van der Waals surface area (Å²) in [5, 5.41) is 3.25. The van der Waals surface area contributed by atoms with Crippen molar-refractivity contribution in [2.24, 2.45) is 5.92 Å². The molecule has 0 spiro atoms. The van der Waals surface area contributed by atoms with Crippen molar-refractivity contribution in [2.45, 2.75) is 52.7 Å². The SMILES string of the molecule is CCC1NCC(=O)N1C(CC)C(C)C. The largest absolute Gasteiger partial charge is 0.323 e. The van der Waals surface area contributed by atoms with E-state index in [1.807, 2.05) is 4.90 Å². The zero-order chi connectivity index (χ0) is 10.7. The van der Waals surface area contributed by atoms with Crippen LogP contribution in [0.3, 0.4) is 0 Å². The average Bonchev–Trinajstić information content (AvgIpc) is 2.49. The highest BCUT2D eigenvalue weighted by atomic mass is 16.2. The Bertz CT molecular complexity index is 203. The summed E-state index contributed by atoms with van der Waals surface area (Å²) in [6.07, 6.45) is 2.30. The summed E-state index contributed by atoms with van der Waals surface area (Å²) in [7, 11) is 0. The summed E-state index contributed by atoms with van der Waals surface area (Å²) in [4.78, 5) is 13.8. The van der Waals surface area contributed by atoms with Gasteiger partial charge in [0.2, 0.25) is 5.91 Å². The minimum absolute atomic E-state index is 0.259. The molecule has 0 saturated carbocycles. The highest BCUT2D eigenvalue weighted by Crippen LogP contribution is 2.20. The summed E-state index contributed by atoms with van der Waals surface area (Å²) >= 11 is 0. The Labute approximate surface area is 86.9 Å². The van der Waals surface area contributed by atoms with Crippen molar-refractivity contribution in [2.75, 3.05) is 6.54 Å². The van der Waals surface area contributed by atoms with Crippen LogP contribution >= 0.6 is 0 Å². The highest BCUT2D eigenvalue weighted by molar-refractivity contribution is 5.81. The molecule has 2 unspecified atom stereocenters. The third kappa shape index (κ3) is 2.08. The first kappa shape index (κ1) is 11.5.